The standard InChI is InChI=1S/C20H14ClF2N5O3/c1-28-18-15(3-2-6-24-18)31-9-14(20(28)30)26-19(29)17-25-8-12(21)16(27-17)11-5-4-10(22)7-13(11)23/h2-8,14H,9H2,1H3,(H,26,29). The summed E-state index contributed by atoms with van der Waals surface area (Å²) < 4.78 is 33.0. The predicted octanol–water partition coefficient (Wildman–Crippen LogP) is 2.62. The van der Waals surface area contributed by atoms with Gasteiger partial charge in [0.05, 0.1) is 16.9 Å². The lowest BCUT2D eigenvalue weighted by atomic mass is 10.1. The number of nitrogens with zero attached hydrogens (tertiary/aromatic N) is 4. The molecule has 1 atom stereocenters. The van der Waals surface area contributed by atoms with Crippen molar-refractivity contribution in [3.63, 3.8) is 0 Å². The molecule has 3 aromatic rings. The van der Waals surface area contributed by atoms with Gasteiger partial charge in [0.2, 0.25) is 5.82 Å². The number of ether oxygens (including phenoxy) is 1. The van der Waals surface area contributed by atoms with Crippen LogP contribution in [-0.4, -0.2) is 46.5 Å². The maximum atomic E-state index is 14.2. The fourth-order valence-corrected chi connectivity index (χ4v) is 3.20. The normalized spacial score (nSPS) is 15.7. The van der Waals surface area contributed by atoms with Crippen LogP contribution in [0, 0.1) is 11.6 Å². The summed E-state index contributed by atoms with van der Waals surface area (Å²) in [6, 6.07) is 5.14. The van der Waals surface area contributed by atoms with E-state index < -0.39 is 29.5 Å². The number of fused-ring (bicyclic) bond motifs is 1. The Morgan fingerprint density at radius 2 is 2.10 bits per heavy atom. The van der Waals surface area contributed by atoms with Crippen LogP contribution in [0.2, 0.25) is 5.02 Å². The zero-order chi connectivity index (χ0) is 22.1. The van der Waals surface area contributed by atoms with Gasteiger partial charge in [-0.2, -0.15) is 0 Å². The van der Waals surface area contributed by atoms with Crippen LogP contribution in [0.15, 0.2) is 42.7 Å². The molecular formula is C20H14ClF2N5O3. The Bertz CT molecular complexity index is 1190. The summed E-state index contributed by atoms with van der Waals surface area (Å²) in [5, 5.41) is 2.48. The Balaban J connectivity index is 1.59. The SMILES string of the molecule is CN1C(=O)C(NC(=O)c2ncc(Cl)c(-c3ccc(F)cc3F)n2)COc2cccnc21. The maximum Gasteiger partial charge on any atom is 0.289 e. The van der Waals surface area contributed by atoms with Crippen molar-refractivity contribution in [2.45, 2.75) is 6.04 Å². The first-order valence-electron chi connectivity index (χ1n) is 8.99. The quantitative estimate of drug-likeness (QED) is 0.665. The van der Waals surface area contributed by atoms with Gasteiger partial charge in [0, 0.05) is 24.9 Å². The maximum absolute atomic E-state index is 14.2. The predicted molar refractivity (Wildman–Crippen MR) is 107 cm³/mol. The molecule has 0 aliphatic carbocycles. The van der Waals surface area contributed by atoms with E-state index in [1.807, 2.05) is 0 Å². The molecule has 0 spiro atoms. The molecular weight excluding hydrogens is 432 g/mol. The Kier molecular flexibility index (Phi) is 5.47. The number of rotatable bonds is 3. The molecule has 0 saturated carbocycles. The lowest BCUT2D eigenvalue weighted by molar-refractivity contribution is -0.120. The van der Waals surface area contributed by atoms with Crippen LogP contribution in [0.1, 0.15) is 10.6 Å². The van der Waals surface area contributed by atoms with E-state index in [2.05, 4.69) is 20.3 Å². The number of likely N-dealkylation sites (N-methyl/N-ethyl adjacent to an activating group) is 1. The zero-order valence-electron chi connectivity index (χ0n) is 16.0. The lowest BCUT2D eigenvalue weighted by Gasteiger charge is -2.19. The molecule has 0 radical (unpaired) electrons. The Labute approximate surface area is 179 Å². The highest BCUT2D eigenvalue weighted by Crippen LogP contribution is 2.29. The number of benzene rings is 1. The van der Waals surface area contributed by atoms with Gasteiger partial charge in [0.1, 0.15) is 24.3 Å². The largest absolute Gasteiger partial charge is 0.487 e. The first-order valence-corrected chi connectivity index (χ1v) is 9.37. The molecule has 8 nitrogen and oxygen atoms in total. The van der Waals surface area contributed by atoms with Crippen molar-refractivity contribution in [2.75, 3.05) is 18.6 Å². The molecule has 1 aromatic carbocycles. The van der Waals surface area contributed by atoms with Gasteiger partial charge in [-0.15, -0.1) is 0 Å². The van der Waals surface area contributed by atoms with Crippen molar-refractivity contribution < 1.29 is 23.1 Å². The van der Waals surface area contributed by atoms with Crippen molar-refractivity contribution >= 4 is 29.2 Å². The summed E-state index contributed by atoms with van der Waals surface area (Å²) in [5.41, 5.74) is -0.186. The number of amides is 2. The van der Waals surface area contributed by atoms with Crippen molar-refractivity contribution in [2.24, 2.45) is 0 Å². The number of halogens is 3. The van der Waals surface area contributed by atoms with Gasteiger partial charge < -0.3 is 10.1 Å². The smallest absolute Gasteiger partial charge is 0.289 e. The van der Waals surface area contributed by atoms with Gasteiger partial charge in [-0.05, 0) is 24.3 Å². The van der Waals surface area contributed by atoms with Crippen molar-refractivity contribution in [1.82, 2.24) is 20.3 Å². The average Bonchev–Trinajstić information content (AvgIpc) is 2.87. The van der Waals surface area contributed by atoms with Gasteiger partial charge in [0.25, 0.3) is 11.8 Å². The minimum absolute atomic E-state index is 0.0304. The highest BCUT2D eigenvalue weighted by atomic mass is 35.5. The fraction of sp³-hybridized carbons (Fsp3) is 0.150. The molecule has 1 unspecified atom stereocenters. The van der Waals surface area contributed by atoms with Gasteiger partial charge >= 0.3 is 0 Å². The number of aromatic nitrogens is 3. The third-order valence-electron chi connectivity index (χ3n) is 4.54. The van der Waals surface area contributed by atoms with Crippen LogP contribution in [0.5, 0.6) is 5.75 Å². The molecule has 0 saturated heterocycles. The summed E-state index contributed by atoms with van der Waals surface area (Å²) in [4.78, 5) is 38.7. The van der Waals surface area contributed by atoms with E-state index in [1.165, 1.54) is 18.1 Å². The van der Waals surface area contributed by atoms with E-state index in [4.69, 9.17) is 16.3 Å². The van der Waals surface area contributed by atoms with Crippen LogP contribution >= 0.6 is 11.6 Å². The molecule has 31 heavy (non-hydrogen) atoms. The Morgan fingerprint density at radius 1 is 1.29 bits per heavy atom. The Morgan fingerprint density at radius 3 is 2.87 bits per heavy atom. The highest BCUT2D eigenvalue weighted by molar-refractivity contribution is 6.33. The second-order valence-corrected chi connectivity index (χ2v) is 6.98. The number of hydrogen-bond acceptors (Lipinski definition) is 6. The molecule has 1 aliphatic rings. The molecule has 158 valence electrons. The minimum atomic E-state index is -1.04. The third-order valence-corrected chi connectivity index (χ3v) is 4.82. The van der Waals surface area contributed by atoms with Gasteiger partial charge in [0.15, 0.2) is 11.6 Å². The molecule has 0 bridgehead atoms. The monoisotopic (exact) mass is 445 g/mol. The lowest BCUT2D eigenvalue weighted by Crippen LogP contribution is -2.49. The summed E-state index contributed by atoms with van der Waals surface area (Å²) in [6.07, 6.45) is 2.64. The van der Waals surface area contributed by atoms with Crippen molar-refractivity contribution in [3.8, 4) is 17.0 Å². The molecule has 4 rings (SSSR count). The van der Waals surface area contributed by atoms with E-state index in [-0.39, 0.29) is 28.7 Å². The van der Waals surface area contributed by atoms with Crippen molar-refractivity contribution in [3.05, 3.63) is 65.2 Å². The minimum Gasteiger partial charge on any atom is -0.487 e. The number of nitrogens with one attached hydrogen (secondary N) is 1. The third kappa shape index (κ3) is 4.02. The van der Waals surface area contributed by atoms with Crippen LogP contribution < -0.4 is 15.0 Å². The zero-order valence-corrected chi connectivity index (χ0v) is 16.7. The van der Waals surface area contributed by atoms with E-state index in [0.717, 1.165) is 18.3 Å². The first kappa shape index (κ1) is 20.6. The van der Waals surface area contributed by atoms with Crippen LogP contribution in [-0.2, 0) is 4.79 Å². The summed E-state index contributed by atoms with van der Waals surface area (Å²) in [6.45, 7) is -0.138. The molecule has 1 aliphatic heterocycles. The van der Waals surface area contributed by atoms with Crippen LogP contribution in [0.3, 0.4) is 0 Å². The summed E-state index contributed by atoms with van der Waals surface area (Å²) in [5.74, 6) is -2.55. The van der Waals surface area contributed by atoms with Crippen LogP contribution in [0.4, 0.5) is 14.6 Å². The number of carbonyl (C=O) groups is 2. The molecule has 0 fully saturated rings. The highest BCUT2D eigenvalue weighted by Gasteiger charge is 2.32. The number of hydrogen-bond donors (Lipinski definition) is 1. The van der Waals surface area contributed by atoms with Gasteiger partial charge in [-0.25, -0.2) is 23.7 Å². The molecule has 2 amide bonds. The second kappa shape index (κ2) is 8.23. The number of carbonyl (C=O) groups excluding carboxylic acids is 2. The second-order valence-electron chi connectivity index (χ2n) is 6.57. The number of pyridine rings is 1. The van der Waals surface area contributed by atoms with Crippen molar-refractivity contribution in [1.29, 1.82) is 0 Å². The number of anilines is 1. The topological polar surface area (TPSA) is 97.3 Å². The van der Waals surface area contributed by atoms with E-state index in [9.17, 15) is 18.4 Å². The van der Waals surface area contributed by atoms with E-state index >= 15 is 0 Å². The van der Waals surface area contributed by atoms with E-state index in [0.29, 0.717) is 17.6 Å². The fourth-order valence-electron chi connectivity index (χ4n) is 3.00. The Hall–Kier alpha value is -3.66. The van der Waals surface area contributed by atoms with E-state index in [1.54, 1.807) is 12.1 Å². The first-order chi connectivity index (χ1) is 14.8. The summed E-state index contributed by atoms with van der Waals surface area (Å²) in [7, 11) is 1.51. The van der Waals surface area contributed by atoms with Gasteiger partial charge in [-0.1, -0.05) is 11.6 Å². The molecule has 11 heteroatoms. The molecule has 1 N–H and O–H groups in total. The van der Waals surface area contributed by atoms with Crippen LogP contribution in [0.25, 0.3) is 11.3 Å². The van der Waals surface area contributed by atoms with Gasteiger partial charge in [-0.3, -0.25) is 14.5 Å². The molecule has 2 aromatic heterocycles. The average molecular weight is 446 g/mol. The summed E-state index contributed by atoms with van der Waals surface area (Å²) >= 11 is 6.05. The molecule has 3 heterocycles.